The summed E-state index contributed by atoms with van der Waals surface area (Å²) in [6.45, 7) is 1.53. The number of halogens is 2. The van der Waals surface area contributed by atoms with E-state index in [1.165, 1.54) is 29.8 Å². The highest BCUT2D eigenvalue weighted by Gasteiger charge is 2.16. The monoisotopic (exact) mass is 401 g/mol. The number of rotatable bonds is 5. The van der Waals surface area contributed by atoms with Crippen LogP contribution in [0.2, 0.25) is 5.02 Å². The van der Waals surface area contributed by atoms with Gasteiger partial charge in [-0.25, -0.2) is 4.39 Å². The lowest BCUT2D eigenvalue weighted by atomic mass is 10.1. The third kappa shape index (κ3) is 3.89. The molecule has 0 aliphatic rings. The summed E-state index contributed by atoms with van der Waals surface area (Å²) in [6, 6.07) is 9.76. The van der Waals surface area contributed by atoms with Gasteiger partial charge in [0, 0.05) is 27.7 Å². The number of primary amides is 1. The fraction of sp³-hybridized carbons (Fsp3) is 0.150. The minimum absolute atomic E-state index is 0.185. The molecule has 8 heteroatoms. The number of carbonyl (C=O) groups is 2. The molecular formula is C20H17ClFN3O3. The van der Waals surface area contributed by atoms with Crippen LogP contribution >= 0.6 is 11.6 Å². The molecule has 0 saturated carbocycles. The Morgan fingerprint density at radius 1 is 1.21 bits per heavy atom. The van der Waals surface area contributed by atoms with Crippen LogP contribution in [0.1, 0.15) is 18.5 Å². The minimum atomic E-state index is -0.803. The van der Waals surface area contributed by atoms with Crippen LogP contribution in [-0.4, -0.2) is 16.4 Å². The lowest BCUT2D eigenvalue weighted by Gasteiger charge is -2.14. The number of hydrogen-bond donors (Lipinski definition) is 2. The number of pyridine rings is 1. The Balaban J connectivity index is 1.91. The molecule has 28 heavy (non-hydrogen) atoms. The van der Waals surface area contributed by atoms with E-state index in [-0.39, 0.29) is 17.0 Å². The Hall–Kier alpha value is -3.19. The van der Waals surface area contributed by atoms with Gasteiger partial charge in [0.25, 0.3) is 5.56 Å². The summed E-state index contributed by atoms with van der Waals surface area (Å²) < 4.78 is 15.1. The van der Waals surface area contributed by atoms with Crippen LogP contribution in [0.25, 0.3) is 10.8 Å². The Kier molecular flexibility index (Phi) is 5.46. The van der Waals surface area contributed by atoms with Gasteiger partial charge in [0.2, 0.25) is 11.8 Å². The zero-order chi connectivity index (χ0) is 20.4. The van der Waals surface area contributed by atoms with E-state index in [0.29, 0.717) is 16.5 Å². The number of hydrogen-bond acceptors (Lipinski definition) is 3. The molecular weight excluding hydrogens is 385 g/mol. The number of nitrogens with one attached hydrogen (secondary N) is 1. The summed E-state index contributed by atoms with van der Waals surface area (Å²) in [5.41, 5.74) is 5.50. The Morgan fingerprint density at radius 3 is 2.64 bits per heavy atom. The van der Waals surface area contributed by atoms with Gasteiger partial charge in [-0.2, -0.15) is 0 Å². The summed E-state index contributed by atoms with van der Waals surface area (Å²) in [5, 5.41) is 3.77. The van der Waals surface area contributed by atoms with Crippen molar-refractivity contribution in [2.45, 2.75) is 19.4 Å². The highest BCUT2D eigenvalue weighted by atomic mass is 35.5. The second-order valence-electron chi connectivity index (χ2n) is 6.33. The predicted octanol–water partition coefficient (Wildman–Crippen LogP) is 3.02. The molecule has 2 amide bonds. The molecule has 3 N–H and O–H groups in total. The lowest BCUT2D eigenvalue weighted by Crippen LogP contribution is -2.31. The maximum absolute atomic E-state index is 13.9. The number of fused-ring (bicyclic) bond motifs is 1. The standard InChI is InChI=1S/C20H17ClFN3O3/c1-11(19(23)27)25-8-7-14-15(20(25)28)3-2-4-17(14)24-18(26)9-12-5-6-13(21)10-16(12)22/h2-8,10-11H,9H2,1H3,(H2,23,27)(H,24,26)/t11-/m1/s1. The van der Waals surface area contributed by atoms with Crippen molar-refractivity contribution in [3.63, 3.8) is 0 Å². The van der Waals surface area contributed by atoms with Crippen LogP contribution in [0.5, 0.6) is 0 Å². The molecule has 3 rings (SSSR count). The summed E-state index contributed by atoms with van der Waals surface area (Å²) in [5.74, 6) is -1.64. The third-order valence-electron chi connectivity index (χ3n) is 4.44. The fourth-order valence-corrected chi connectivity index (χ4v) is 3.04. The van der Waals surface area contributed by atoms with Gasteiger partial charge in [-0.05, 0) is 42.8 Å². The summed E-state index contributed by atoms with van der Waals surface area (Å²) in [6.07, 6.45) is 1.27. The van der Waals surface area contributed by atoms with Crippen molar-refractivity contribution in [3.05, 3.63) is 75.4 Å². The molecule has 0 saturated heterocycles. The maximum atomic E-state index is 13.9. The molecule has 6 nitrogen and oxygen atoms in total. The number of nitrogens with two attached hydrogens (primary N) is 1. The van der Waals surface area contributed by atoms with Crippen LogP contribution in [0.4, 0.5) is 10.1 Å². The van der Waals surface area contributed by atoms with E-state index in [2.05, 4.69) is 5.32 Å². The van der Waals surface area contributed by atoms with Gasteiger partial charge in [-0.15, -0.1) is 0 Å². The van der Waals surface area contributed by atoms with Crippen LogP contribution in [0.15, 0.2) is 53.5 Å². The normalized spacial score (nSPS) is 12.0. The smallest absolute Gasteiger partial charge is 0.259 e. The van der Waals surface area contributed by atoms with Crippen LogP contribution < -0.4 is 16.6 Å². The van der Waals surface area contributed by atoms with Gasteiger partial charge in [-0.1, -0.05) is 23.7 Å². The average Bonchev–Trinajstić information content (AvgIpc) is 2.64. The molecule has 0 aliphatic carbocycles. The number of carbonyl (C=O) groups excluding carboxylic acids is 2. The molecule has 144 valence electrons. The molecule has 1 atom stereocenters. The average molecular weight is 402 g/mol. The van der Waals surface area contributed by atoms with Gasteiger partial charge >= 0.3 is 0 Å². The number of aromatic nitrogens is 1. The first-order valence-electron chi connectivity index (χ1n) is 8.45. The first-order valence-corrected chi connectivity index (χ1v) is 8.82. The predicted molar refractivity (Wildman–Crippen MR) is 106 cm³/mol. The Labute approximate surface area is 164 Å². The number of nitrogens with zero attached hydrogens (tertiary/aromatic N) is 1. The third-order valence-corrected chi connectivity index (χ3v) is 4.68. The van der Waals surface area contributed by atoms with E-state index >= 15 is 0 Å². The molecule has 2 aromatic carbocycles. The van der Waals surface area contributed by atoms with Crippen molar-refractivity contribution in [2.24, 2.45) is 5.73 Å². The van der Waals surface area contributed by atoms with Crippen LogP contribution in [0.3, 0.4) is 0 Å². The van der Waals surface area contributed by atoms with E-state index in [0.717, 1.165) is 6.07 Å². The molecule has 0 unspecified atom stereocenters. The van der Waals surface area contributed by atoms with E-state index in [1.807, 2.05) is 0 Å². The first-order chi connectivity index (χ1) is 13.3. The highest BCUT2D eigenvalue weighted by Crippen LogP contribution is 2.22. The topological polar surface area (TPSA) is 94.2 Å². The summed E-state index contributed by atoms with van der Waals surface area (Å²) in [4.78, 5) is 36.4. The largest absolute Gasteiger partial charge is 0.368 e. The van der Waals surface area contributed by atoms with E-state index in [9.17, 15) is 18.8 Å². The molecule has 0 aliphatic heterocycles. The quantitative estimate of drug-likeness (QED) is 0.688. The fourth-order valence-electron chi connectivity index (χ4n) is 2.88. The van der Waals surface area contributed by atoms with Gasteiger partial charge in [0.15, 0.2) is 0 Å². The number of benzene rings is 2. The highest BCUT2D eigenvalue weighted by molar-refractivity contribution is 6.30. The van der Waals surface area contributed by atoms with Crippen molar-refractivity contribution in [1.82, 2.24) is 4.57 Å². The summed E-state index contributed by atoms with van der Waals surface area (Å²) in [7, 11) is 0. The van der Waals surface area contributed by atoms with E-state index < -0.39 is 29.2 Å². The van der Waals surface area contributed by atoms with Gasteiger partial charge < -0.3 is 15.6 Å². The molecule has 1 aromatic heterocycles. The zero-order valence-electron chi connectivity index (χ0n) is 14.9. The molecule has 1 heterocycles. The van der Waals surface area contributed by atoms with Crippen molar-refractivity contribution in [1.29, 1.82) is 0 Å². The van der Waals surface area contributed by atoms with Crippen LogP contribution in [-0.2, 0) is 16.0 Å². The van der Waals surface area contributed by atoms with Gasteiger partial charge in [-0.3, -0.25) is 14.4 Å². The molecule has 3 aromatic rings. The second-order valence-corrected chi connectivity index (χ2v) is 6.77. The van der Waals surface area contributed by atoms with Crippen LogP contribution in [0, 0.1) is 5.82 Å². The second kappa shape index (κ2) is 7.82. The minimum Gasteiger partial charge on any atom is -0.368 e. The van der Waals surface area contributed by atoms with Crippen molar-refractivity contribution >= 4 is 39.9 Å². The molecule has 0 fully saturated rings. The Morgan fingerprint density at radius 2 is 1.96 bits per heavy atom. The van der Waals surface area contributed by atoms with Gasteiger partial charge in [0.05, 0.1) is 6.42 Å². The van der Waals surface area contributed by atoms with Crippen molar-refractivity contribution in [3.8, 4) is 0 Å². The zero-order valence-corrected chi connectivity index (χ0v) is 15.7. The number of amides is 2. The van der Waals surface area contributed by atoms with Crippen molar-refractivity contribution < 1.29 is 14.0 Å². The number of anilines is 1. The maximum Gasteiger partial charge on any atom is 0.259 e. The summed E-state index contributed by atoms with van der Waals surface area (Å²) >= 11 is 5.72. The first kappa shape index (κ1) is 19.6. The van der Waals surface area contributed by atoms with Crippen molar-refractivity contribution in [2.75, 3.05) is 5.32 Å². The van der Waals surface area contributed by atoms with E-state index in [1.54, 1.807) is 24.3 Å². The molecule has 0 bridgehead atoms. The molecule has 0 radical (unpaired) electrons. The molecule has 0 spiro atoms. The SMILES string of the molecule is C[C@H](C(N)=O)n1ccc2c(NC(=O)Cc3ccc(Cl)cc3F)cccc2c1=O. The van der Waals surface area contributed by atoms with E-state index in [4.69, 9.17) is 17.3 Å². The van der Waals surface area contributed by atoms with Gasteiger partial charge in [0.1, 0.15) is 11.9 Å². The lowest BCUT2D eigenvalue weighted by molar-refractivity contribution is -0.120. The Bertz CT molecular complexity index is 1140.